The van der Waals surface area contributed by atoms with Crippen LogP contribution in [0.5, 0.6) is 0 Å². The van der Waals surface area contributed by atoms with E-state index < -0.39 is 4.92 Å². The third kappa shape index (κ3) is 2.04. The van der Waals surface area contributed by atoms with Crippen LogP contribution in [0, 0.1) is 17.0 Å². The third-order valence-corrected chi connectivity index (χ3v) is 2.50. The molecule has 17 heavy (non-hydrogen) atoms. The van der Waals surface area contributed by atoms with E-state index in [4.69, 9.17) is 17.3 Å². The molecule has 8 heteroatoms. The molecule has 0 aromatic carbocycles. The fourth-order valence-corrected chi connectivity index (χ4v) is 1.44. The van der Waals surface area contributed by atoms with Gasteiger partial charge >= 0.3 is 5.69 Å². The van der Waals surface area contributed by atoms with Crippen LogP contribution >= 0.6 is 11.6 Å². The van der Waals surface area contributed by atoms with Gasteiger partial charge in [0.2, 0.25) is 5.82 Å². The summed E-state index contributed by atoms with van der Waals surface area (Å²) in [6.45, 7) is 1.69. The molecule has 0 fully saturated rings. The summed E-state index contributed by atoms with van der Waals surface area (Å²) in [7, 11) is 0. The van der Waals surface area contributed by atoms with Crippen LogP contribution in [0.25, 0.3) is 5.82 Å². The van der Waals surface area contributed by atoms with Gasteiger partial charge in [-0.3, -0.25) is 10.1 Å². The van der Waals surface area contributed by atoms with Crippen molar-refractivity contribution in [3.63, 3.8) is 0 Å². The molecule has 0 spiro atoms. The van der Waals surface area contributed by atoms with E-state index in [0.29, 0.717) is 10.7 Å². The summed E-state index contributed by atoms with van der Waals surface area (Å²) >= 11 is 5.84. The first-order valence-corrected chi connectivity index (χ1v) is 5.00. The molecule has 0 unspecified atom stereocenters. The summed E-state index contributed by atoms with van der Waals surface area (Å²) in [6, 6.07) is 2.64. The molecular formula is C9H8ClN5O2. The number of hydrogen-bond donors (Lipinski definition) is 1. The topological polar surface area (TPSA) is 99.9 Å². The van der Waals surface area contributed by atoms with E-state index >= 15 is 0 Å². The maximum atomic E-state index is 10.8. The first-order valence-electron chi connectivity index (χ1n) is 4.62. The molecule has 7 nitrogen and oxygen atoms in total. The largest absolute Gasteiger partial charge is 0.384 e. The van der Waals surface area contributed by atoms with Gasteiger partial charge in [0, 0.05) is 6.07 Å². The van der Waals surface area contributed by atoms with Crippen molar-refractivity contribution in [2.75, 3.05) is 5.73 Å². The Bertz CT molecular complexity index is 576. The van der Waals surface area contributed by atoms with Crippen molar-refractivity contribution in [3.8, 4) is 5.82 Å². The number of rotatable bonds is 2. The Kier molecular flexibility index (Phi) is 2.68. The normalized spacial score (nSPS) is 10.5. The summed E-state index contributed by atoms with van der Waals surface area (Å²) in [5.41, 5.74) is 5.88. The van der Waals surface area contributed by atoms with Gasteiger partial charge in [-0.25, -0.2) is 9.67 Å². The monoisotopic (exact) mass is 253 g/mol. The van der Waals surface area contributed by atoms with Crippen molar-refractivity contribution < 1.29 is 4.92 Å². The SMILES string of the molecule is Cc1nn(-c2nc(N)ccc2[N+](=O)[O-])cc1Cl. The first kappa shape index (κ1) is 11.3. The second kappa shape index (κ2) is 4.02. The Morgan fingerprint density at radius 3 is 2.76 bits per heavy atom. The number of halogens is 1. The van der Waals surface area contributed by atoms with Gasteiger partial charge in [0.25, 0.3) is 0 Å². The summed E-state index contributed by atoms with van der Waals surface area (Å²) in [5, 5.41) is 15.3. The van der Waals surface area contributed by atoms with Crippen LogP contribution in [0.15, 0.2) is 18.3 Å². The molecule has 0 aliphatic heterocycles. The number of nitrogen functional groups attached to an aromatic ring is 1. The molecular weight excluding hydrogens is 246 g/mol. The number of pyridine rings is 1. The Morgan fingerprint density at radius 1 is 1.53 bits per heavy atom. The van der Waals surface area contributed by atoms with Crippen molar-refractivity contribution in [2.45, 2.75) is 6.92 Å². The predicted molar refractivity (Wildman–Crippen MR) is 62.2 cm³/mol. The van der Waals surface area contributed by atoms with Gasteiger partial charge in [-0.05, 0) is 13.0 Å². The van der Waals surface area contributed by atoms with Gasteiger partial charge in [0.05, 0.1) is 21.8 Å². The number of nitrogens with two attached hydrogens (primary N) is 1. The summed E-state index contributed by atoms with van der Waals surface area (Å²) < 4.78 is 1.24. The lowest BCUT2D eigenvalue weighted by molar-refractivity contribution is -0.384. The molecule has 0 aliphatic rings. The maximum Gasteiger partial charge on any atom is 0.313 e. The maximum absolute atomic E-state index is 10.8. The van der Waals surface area contributed by atoms with Crippen LogP contribution in [0.3, 0.4) is 0 Å². The van der Waals surface area contributed by atoms with E-state index in [1.807, 2.05) is 0 Å². The first-order chi connectivity index (χ1) is 7.99. The number of aromatic nitrogens is 3. The fourth-order valence-electron chi connectivity index (χ4n) is 1.31. The average molecular weight is 254 g/mol. The highest BCUT2D eigenvalue weighted by molar-refractivity contribution is 6.31. The van der Waals surface area contributed by atoms with E-state index in [9.17, 15) is 10.1 Å². The highest BCUT2D eigenvalue weighted by Gasteiger charge is 2.18. The number of aryl methyl sites for hydroxylation is 1. The highest BCUT2D eigenvalue weighted by atomic mass is 35.5. The lowest BCUT2D eigenvalue weighted by atomic mass is 10.4. The molecule has 0 radical (unpaired) electrons. The van der Waals surface area contributed by atoms with Crippen LogP contribution in [-0.4, -0.2) is 19.7 Å². The number of anilines is 1. The molecule has 2 N–H and O–H groups in total. The van der Waals surface area contributed by atoms with Gasteiger partial charge in [-0.1, -0.05) is 11.6 Å². The quantitative estimate of drug-likeness (QED) is 0.649. The van der Waals surface area contributed by atoms with Crippen LogP contribution < -0.4 is 5.73 Å². The molecule has 0 bridgehead atoms. The van der Waals surface area contributed by atoms with E-state index in [-0.39, 0.29) is 17.3 Å². The smallest absolute Gasteiger partial charge is 0.313 e. The minimum absolute atomic E-state index is 0.0463. The summed E-state index contributed by atoms with van der Waals surface area (Å²) in [6.07, 6.45) is 1.45. The molecule has 2 aromatic heterocycles. The van der Waals surface area contributed by atoms with E-state index in [1.54, 1.807) is 6.92 Å². The zero-order chi connectivity index (χ0) is 12.6. The molecule has 2 heterocycles. The predicted octanol–water partition coefficient (Wildman–Crippen LogP) is 1.72. The highest BCUT2D eigenvalue weighted by Crippen LogP contribution is 2.23. The molecule has 0 atom stereocenters. The van der Waals surface area contributed by atoms with Crippen LogP contribution in [0.2, 0.25) is 5.02 Å². The van der Waals surface area contributed by atoms with E-state index in [0.717, 1.165) is 0 Å². The van der Waals surface area contributed by atoms with E-state index in [2.05, 4.69) is 10.1 Å². The van der Waals surface area contributed by atoms with Crippen molar-refractivity contribution in [1.29, 1.82) is 0 Å². The van der Waals surface area contributed by atoms with Crippen LogP contribution in [0.4, 0.5) is 11.5 Å². The molecule has 0 saturated carbocycles. The van der Waals surface area contributed by atoms with Gasteiger partial charge in [0.15, 0.2) is 0 Å². The molecule has 2 rings (SSSR count). The van der Waals surface area contributed by atoms with Gasteiger partial charge in [0.1, 0.15) is 5.82 Å². The van der Waals surface area contributed by atoms with Crippen molar-refractivity contribution in [1.82, 2.24) is 14.8 Å². The molecule has 0 amide bonds. The number of hydrogen-bond acceptors (Lipinski definition) is 5. The van der Waals surface area contributed by atoms with Crippen molar-refractivity contribution in [3.05, 3.63) is 39.2 Å². The van der Waals surface area contributed by atoms with Gasteiger partial charge < -0.3 is 5.73 Å². The molecule has 0 aliphatic carbocycles. The minimum Gasteiger partial charge on any atom is -0.384 e. The van der Waals surface area contributed by atoms with Crippen molar-refractivity contribution >= 4 is 23.1 Å². The summed E-state index contributed by atoms with van der Waals surface area (Å²) in [5.74, 6) is 0.222. The Labute approximate surface area is 101 Å². The van der Waals surface area contributed by atoms with Crippen LogP contribution in [0.1, 0.15) is 5.69 Å². The third-order valence-electron chi connectivity index (χ3n) is 2.13. The Balaban J connectivity index is 2.64. The fraction of sp³-hybridized carbons (Fsp3) is 0.111. The second-order valence-corrected chi connectivity index (χ2v) is 3.75. The average Bonchev–Trinajstić information content (AvgIpc) is 2.58. The molecule has 2 aromatic rings. The minimum atomic E-state index is -0.549. The zero-order valence-electron chi connectivity index (χ0n) is 8.79. The zero-order valence-corrected chi connectivity index (χ0v) is 9.55. The molecule has 88 valence electrons. The van der Waals surface area contributed by atoms with Crippen LogP contribution in [-0.2, 0) is 0 Å². The van der Waals surface area contributed by atoms with Gasteiger partial charge in [-0.2, -0.15) is 5.10 Å². The number of nitro groups is 1. The van der Waals surface area contributed by atoms with Crippen molar-refractivity contribution in [2.24, 2.45) is 0 Å². The summed E-state index contributed by atoms with van der Waals surface area (Å²) in [4.78, 5) is 14.2. The lowest BCUT2D eigenvalue weighted by Gasteiger charge is -2.02. The standard InChI is InChI=1S/C9H8ClN5O2/c1-5-6(10)4-14(13-5)9-7(15(16)17)2-3-8(11)12-9/h2-4H,1H3,(H2,11,12). The van der Waals surface area contributed by atoms with E-state index in [1.165, 1.54) is 23.0 Å². The lowest BCUT2D eigenvalue weighted by Crippen LogP contribution is -2.05. The Morgan fingerprint density at radius 2 is 2.24 bits per heavy atom. The second-order valence-electron chi connectivity index (χ2n) is 3.34. The van der Waals surface area contributed by atoms with Gasteiger partial charge in [-0.15, -0.1) is 0 Å². The Hall–Kier alpha value is -2.15. The molecule has 0 saturated heterocycles. The number of nitrogens with zero attached hydrogens (tertiary/aromatic N) is 4.